The average molecular weight is 190 g/mol. The highest BCUT2D eigenvalue weighted by Crippen LogP contribution is 2.00. The molecule has 0 unspecified atom stereocenters. The largest absolute Gasteiger partial charge is 0.359 e. The van der Waals surface area contributed by atoms with Gasteiger partial charge in [0.15, 0.2) is 0 Å². The van der Waals surface area contributed by atoms with Crippen molar-refractivity contribution in [1.82, 2.24) is 5.32 Å². The van der Waals surface area contributed by atoms with E-state index in [-0.39, 0.29) is 0 Å². The van der Waals surface area contributed by atoms with E-state index in [1.54, 1.807) is 0 Å². The Kier molecular flexibility index (Phi) is 6.12. The molecule has 0 saturated carbocycles. The lowest BCUT2D eigenvalue weighted by Gasteiger charge is -2.07. The maximum Gasteiger partial charge on any atom is 0.0308 e. The second kappa shape index (κ2) is 6.89. The second-order valence-electron chi connectivity index (χ2n) is 2.99. The highest BCUT2D eigenvalue weighted by molar-refractivity contribution is 5.75. The average Bonchev–Trinajstić information content (AvgIpc) is 2.16. The van der Waals surface area contributed by atoms with E-state index in [0.717, 1.165) is 17.0 Å². The predicted octanol–water partition coefficient (Wildman–Crippen LogP) is 3.17. The van der Waals surface area contributed by atoms with Gasteiger partial charge in [-0.25, -0.2) is 0 Å². The maximum absolute atomic E-state index is 7.07. The summed E-state index contributed by atoms with van der Waals surface area (Å²) in [6.07, 6.45) is 9.03. The molecule has 14 heavy (non-hydrogen) atoms. The summed E-state index contributed by atoms with van der Waals surface area (Å²) in [5.41, 5.74) is 2.68. The van der Waals surface area contributed by atoms with Crippen LogP contribution in [0.25, 0.3) is 0 Å². The number of allylic oxidation sites excluding steroid dienone is 6. The molecule has 0 rings (SSSR count). The van der Waals surface area contributed by atoms with Crippen molar-refractivity contribution in [2.45, 2.75) is 20.8 Å². The van der Waals surface area contributed by atoms with Crippen LogP contribution in [0.4, 0.5) is 0 Å². The Morgan fingerprint density at radius 3 is 2.43 bits per heavy atom. The van der Waals surface area contributed by atoms with Crippen molar-refractivity contribution in [1.29, 1.82) is 5.41 Å². The Balaban J connectivity index is 4.27. The summed E-state index contributed by atoms with van der Waals surface area (Å²) in [6.45, 7) is 9.62. The fourth-order valence-electron chi connectivity index (χ4n) is 0.772. The molecule has 0 spiro atoms. The molecule has 0 fully saturated rings. The summed E-state index contributed by atoms with van der Waals surface area (Å²) in [6, 6.07) is 0. The second-order valence-corrected chi connectivity index (χ2v) is 2.99. The van der Waals surface area contributed by atoms with Gasteiger partial charge in [-0.1, -0.05) is 24.8 Å². The van der Waals surface area contributed by atoms with Gasteiger partial charge in [0.2, 0.25) is 0 Å². The summed E-state index contributed by atoms with van der Waals surface area (Å²) in [5, 5.41) is 10.2. The van der Waals surface area contributed by atoms with Crippen LogP contribution in [0.3, 0.4) is 0 Å². The molecule has 0 amide bonds. The molecule has 0 saturated heterocycles. The predicted molar refractivity (Wildman–Crippen MR) is 63.4 cm³/mol. The van der Waals surface area contributed by atoms with Crippen molar-refractivity contribution in [2.75, 3.05) is 0 Å². The molecule has 0 bridgehead atoms. The first kappa shape index (κ1) is 12.4. The normalized spacial score (nSPS) is 13.1. The molecule has 2 N–H and O–H groups in total. The molecule has 2 heteroatoms. The monoisotopic (exact) mass is 190 g/mol. The van der Waals surface area contributed by atoms with E-state index in [1.165, 1.54) is 6.21 Å². The van der Waals surface area contributed by atoms with E-state index >= 15 is 0 Å². The van der Waals surface area contributed by atoms with Gasteiger partial charge in [0.05, 0.1) is 0 Å². The van der Waals surface area contributed by atoms with Gasteiger partial charge in [0.1, 0.15) is 0 Å². The van der Waals surface area contributed by atoms with Gasteiger partial charge < -0.3 is 10.7 Å². The Morgan fingerprint density at radius 1 is 1.29 bits per heavy atom. The molecule has 2 nitrogen and oxygen atoms in total. The quantitative estimate of drug-likeness (QED) is 0.507. The van der Waals surface area contributed by atoms with Crippen molar-refractivity contribution in [2.24, 2.45) is 0 Å². The van der Waals surface area contributed by atoms with Gasteiger partial charge in [-0.2, -0.15) is 0 Å². The summed E-state index contributed by atoms with van der Waals surface area (Å²) in [7, 11) is 0. The molecule has 0 aromatic heterocycles. The van der Waals surface area contributed by atoms with Crippen molar-refractivity contribution >= 4 is 6.21 Å². The van der Waals surface area contributed by atoms with Crippen LogP contribution >= 0.6 is 0 Å². The van der Waals surface area contributed by atoms with Gasteiger partial charge >= 0.3 is 0 Å². The Labute approximate surface area is 86.2 Å². The minimum absolute atomic E-state index is 0.821. The minimum Gasteiger partial charge on any atom is -0.359 e. The molecular weight excluding hydrogens is 172 g/mol. The first-order valence-corrected chi connectivity index (χ1v) is 4.55. The summed E-state index contributed by atoms with van der Waals surface area (Å²) >= 11 is 0. The van der Waals surface area contributed by atoms with Crippen molar-refractivity contribution in [3.8, 4) is 0 Å². The van der Waals surface area contributed by atoms with Crippen molar-refractivity contribution < 1.29 is 0 Å². The SMILES string of the molecule is C=C(/C=C\C=C/C)N/C(C)=C(/C)C=N. The Bertz CT molecular complexity index is 293. The van der Waals surface area contributed by atoms with E-state index in [1.807, 2.05) is 45.1 Å². The highest BCUT2D eigenvalue weighted by atomic mass is 14.9. The number of nitrogens with one attached hydrogen (secondary N) is 2. The van der Waals surface area contributed by atoms with Crippen LogP contribution in [0.15, 0.2) is 47.9 Å². The molecule has 0 atom stereocenters. The highest BCUT2D eigenvalue weighted by Gasteiger charge is 1.92. The topological polar surface area (TPSA) is 35.9 Å². The number of rotatable bonds is 5. The summed E-state index contributed by atoms with van der Waals surface area (Å²) in [4.78, 5) is 0. The number of hydrogen-bond donors (Lipinski definition) is 2. The van der Waals surface area contributed by atoms with Crippen LogP contribution in [0.2, 0.25) is 0 Å². The zero-order valence-electron chi connectivity index (χ0n) is 9.09. The van der Waals surface area contributed by atoms with E-state index in [2.05, 4.69) is 11.9 Å². The molecule has 0 radical (unpaired) electrons. The molecule has 0 aliphatic heterocycles. The first-order chi connectivity index (χ1) is 6.61. The zero-order chi connectivity index (χ0) is 11.0. The van der Waals surface area contributed by atoms with Gasteiger partial charge in [0.25, 0.3) is 0 Å². The van der Waals surface area contributed by atoms with Crippen molar-refractivity contribution in [3.63, 3.8) is 0 Å². The van der Waals surface area contributed by atoms with Crippen LogP contribution in [0.1, 0.15) is 20.8 Å². The van der Waals surface area contributed by atoms with Crippen LogP contribution < -0.4 is 5.32 Å². The Hall–Kier alpha value is -1.57. The molecule has 0 aliphatic carbocycles. The lowest BCUT2D eigenvalue weighted by Crippen LogP contribution is -2.09. The van der Waals surface area contributed by atoms with E-state index < -0.39 is 0 Å². The van der Waals surface area contributed by atoms with Gasteiger partial charge in [0, 0.05) is 17.6 Å². The van der Waals surface area contributed by atoms with Crippen LogP contribution in [0.5, 0.6) is 0 Å². The van der Waals surface area contributed by atoms with Gasteiger partial charge in [-0.05, 0) is 32.4 Å². The van der Waals surface area contributed by atoms with Gasteiger partial charge in [-0.3, -0.25) is 0 Å². The molecule has 0 aromatic rings. The molecule has 0 heterocycles. The van der Waals surface area contributed by atoms with E-state index in [4.69, 9.17) is 5.41 Å². The smallest absolute Gasteiger partial charge is 0.0308 e. The third kappa shape index (κ3) is 5.14. The Morgan fingerprint density at radius 2 is 1.93 bits per heavy atom. The van der Waals surface area contributed by atoms with E-state index in [9.17, 15) is 0 Å². The van der Waals surface area contributed by atoms with Crippen LogP contribution in [-0.2, 0) is 0 Å². The fourth-order valence-corrected chi connectivity index (χ4v) is 0.772. The van der Waals surface area contributed by atoms with E-state index in [0.29, 0.717) is 0 Å². The standard InChI is InChI=1S/C12H18N2/c1-5-6-7-8-11(3)14-12(4)10(2)9-13/h5-9,13-14H,3H2,1-2,4H3/b6-5-,8-7-,12-10-,13-9?. The third-order valence-corrected chi connectivity index (χ3v) is 1.76. The molecular formula is C12H18N2. The van der Waals surface area contributed by atoms with Crippen LogP contribution in [0, 0.1) is 5.41 Å². The fraction of sp³-hybridized carbons (Fsp3) is 0.250. The summed E-state index contributed by atoms with van der Waals surface area (Å²) < 4.78 is 0. The lowest BCUT2D eigenvalue weighted by atomic mass is 10.2. The summed E-state index contributed by atoms with van der Waals surface area (Å²) in [5.74, 6) is 0. The lowest BCUT2D eigenvalue weighted by molar-refractivity contribution is 0.993. The number of hydrogen-bond acceptors (Lipinski definition) is 2. The first-order valence-electron chi connectivity index (χ1n) is 4.55. The maximum atomic E-state index is 7.07. The molecule has 0 aliphatic rings. The molecule has 0 aromatic carbocycles. The minimum atomic E-state index is 0.821. The zero-order valence-corrected chi connectivity index (χ0v) is 9.09. The van der Waals surface area contributed by atoms with Crippen molar-refractivity contribution in [3.05, 3.63) is 47.9 Å². The van der Waals surface area contributed by atoms with Crippen LogP contribution in [-0.4, -0.2) is 6.21 Å². The molecule has 76 valence electrons. The third-order valence-electron chi connectivity index (χ3n) is 1.76. The van der Waals surface area contributed by atoms with Gasteiger partial charge in [-0.15, -0.1) is 0 Å².